The molecule has 1 amide bonds. The first-order valence-electron chi connectivity index (χ1n) is 13.1. The summed E-state index contributed by atoms with van der Waals surface area (Å²) in [7, 11) is 0. The largest absolute Gasteiger partial charge is 0.457 e. The molecule has 0 spiro atoms. The second kappa shape index (κ2) is 12.2. The zero-order chi connectivity index (χ0) is 27.0. The minimum absolute atomic E-state index is 0.179. The van der Waals surface area contributed by atoms with Gasteiger partial charge in [0.05, 0.1) is 11.8 Å². The number of hydrogen-bond acceptors (Lipinski definition) is 4. The van der Waals surface area contributed by atoms with Crippen molar-refractivity contribution in [3.8, 4) is 11.1 Å². The molecule has 5 heteroatoms. The van der Waals surface area contributed by atoms with Crippen LogP contribution in [0.25, 0.3) is 11.1 Å². The summed E-state index contributed by atoms with van der Waals surface area (Å²) in [5.41, 5.74) is 3.98. The monoisotopic (exact) mass is 515 g/mol. The van der Waals surface area contributed by atoms with Crippen molar-refractivity contribution in [1.29, 1.82) is 0 Å². The Hall–Kier alpha value is -4.77. The maximum Gasteiger partial charge on any atom is 0.310 e. The van der Waals surface area contributed by atoms with Gasteiger partial charge in [-0.25, -0.2) is 0 Å². The van der Waals surface area contributed by atoms with E-state index in [-0.39, 0.29) is 18.3 Å². The van der Waals surface area contributed by atoms with Crippen molar-refractivity contribution in [3.63, 3.8) is 0 Å². The summed E-state index contributed by atoms with van der Waals surface area (Å²) in [6, 6.07) is 35.9. The van der Waals surface area contributed by atoms with Gasteiger partial charge in [0, 0.05) is 16.9 Å². The van der Waals surface area contributed by atoms with Crippen LogP contribution in [0.4, 0.5) is 11.4 Å². The number of carbonyl (C=O) groups excluding carboxylic acids is 3. The number of nitrogens with zero attached hydrogens (tertiary/aromatic N) is 1. The molecule has 0 N–H and O–H groups in total. The van der Waals surface area contributed by atoms with Crippen LogP contribution in [-0.4, -0.2) is 24.3 Å². The van der Waals surface area contributed by atoms with Crippen molar-refractivity contribution in [2.24, 2.45) is 11.8 Å². The molecule has 1 aliphatic carbocycles. The SMILES string of the molecule is O=C(COC(=O)C1CC=CCC1C(=O)N(c1ccccc1)c1ccccc1)c1ccc(-c2ccccc2)cc1. The van der Waals surface area contributed by atoms with E-state index in [1.807, 2.05) is 115 Å². The minimum Gasteiger partial charge on any atom is -0.457 e. The van der Waals surface area contributed by atoms with Crippen molar-refractivity contribution in [3.05, 3.63) is 133 Å². The predicted molar refractivity (Wildman–Crippen MR) is 153 cm³/mol. The third-order valence-electron chi connectivity index (χ3n) is 6.96. The highest BCUT2D eigenvalue weighted by molar-refractivity contribution is 6.04. The highest BCUT2D eigenvalue weighted by Crippen LogP contribution is 2.34. The number of Topliss-reactive ketones (excluding diaryl/α,β-unsaturated/α-hetero) is 1. The summed E-state index contributed by atoms with van der Waals surface area (Å²) in [4.78, 5) is 41.6. The Balaban J connectivity index is 1.28. The molecule has 2 atom stereocenters. The topological polar surface area (TPSA) is 63.7 Å². The van der Waals surface area contributed by atoms with Gasteiger partial charge in [-0.1, -0.05) is 103 Å². The average Bonchev–Trinajstić information content (AvgIpc) is 3.01. The second-order valence-corrected chi connectivity index (χ2v) is 9.47. The molecule has 0 saturated carbocycles. The first kappa shape index (κ1) is 25.9. The van der Waals surface area contributed by atoms with Crippen LogP contribution in [0.3, 0.4) is 0 Å². The van der Waals surface area contributed by atoms with Crippen LogP contribution < -0.4 is 4.90 Å². The van der Waals surface area contributed by atoms with Gasteiger partial charge >= 0.3 is 5.97 Å². The highest BCUT2D eigenvalue weighted by Gasteiger charge is 2.38. The Morgan fingerprint density at radius 1 is 0.615 bits per heavy atom. The van der Waals surface area contributed by atoms with Gasteiger partial charge in [-0.15, -0.1) is 0 Å². The molecular weight excluding hydrogens is 486 g/mol. The lowest BCUT2D eigenvalue weighted by molar-refractivity contribution is -0.151. The molecular formula is C34H29NO4. The van der Waals surface area contributed by atoms with Gasteiger partial charge in [-0.2, -0.15) is 0 Å². The Morgan fingerprint density at radius 3 is 1.67 bits per heavy atom. The third-order valence-corrected chi connectivity index (χ3v) is 6.96. The van der Waals surface area contributed by atoms with Crippen molar-refractivity contribution >= 4 is 29.0 Å². The normalized spacial score (nSPS) is 16.3. The van der Waals surface area contributed by atoms with Gasteiger partial charge < -0.3 is 4.74 Å². The lowest BCUT2D eigenvalue weighted by atomic mass is 9.81. The van der Waals surface area contributed by atoms with Crippen LogP contribution >= 0.6 is 0 Å². The lowest BCUT2D eigenvalue weighted by Crippen LogP contribution is -2.40. The van der Waals surface area contributed by atoms with Gasteiger partial charge in [0.1, 0.15) is 0 Å². The summed E-state index contributed by atoms with van der Waals surface area (Å²) >= 11 is 0. The Labute approximate surface area is 228 Å². The van der Waals surface area contributed by atoms with E-state index in [2.05, 4.69) is 0 Å². The van der Waals surface area contributed by atoms with Crippen molar-refractivity contribution in [1.82, 2.24) is 0 Å². The molecule has 5 nitrogen and oxygen atoms in total. The fourth-order valence-corrected chi connectivity index (χ4v) is 4.88. The number of allylic oxidation sites excluding steroid dienone is 2. The van der Waals surface area contributed by atoms with E-state index < -0.39 is 17.8 Å². The zero-order valence-corrected chi connectivity index (χ0v) is 21.5. The molecule has 0 fully saturated rings. The van der Waals surface area contributed by atoms with Gasteiger partial charge in [0.2, 0.25) is 5.91 Å². The quantitative estimate of drug-likeness (QED) is 0.144. The molecule has 2 unspecified atom stereocenters. The molecule has 194 valence electrons. The number of ketones is 1. The number of hydrogen-bond donors (Lipinski definition) is 0. The van der Waals surface area contributed by atoms with Crippen molar-refractivity contribution < 1.29 is 19.1 Å². The first-order valence-corrected chi connectivity index (χ1v) is 13.1. The van der Waals surface area contributed by atoms with Gasteiger partial charge in [-0.05, 0) is 48.2 Å². The van der Waals surface area contributed by atoms with E-state index in [0.717, 1.165) is 22.5 Å². The highest BCUT2D eigenvalue weighted by atomic mass is 16.5. The standard InChI is InChI=1S/C34H29NO4/c36-32(27-22-20-26(21-23-27)25-12-4-1-5-13-25)24-39-34(38)31-19-11-10-18-30(31)33(37)35(28-14-6-2-7-15-28)29-16-8-3-9-17-29/h1-17,20-23,30-31H,18-19,24H2. The van der Waals surface area contributed by atoms with E-state index in [1.165, 1.54) is 0 Å². The average molecular weight is 516 g/mol. The molecule has 0 aliphatic heterocycles. The number of amides is 1. The molecule has 4 aromatic rings. The molecule has 0 bridgehead atoms. The van der Waals surface area contributed by atoms with Crippen LogP contribution in [-0.2, 0) is 14.3 Å². The Kier molecular flexibility index (Phi) is 8.08. The fraction of sp³-hybridized carbons (Fsp3) is 0.147. The van der Waals surface area contributed by atoms with E-state index >= 15 is 0 Å². The molecule has 1 aliphatic rings. The fourth-order valence-electron chi connectivity index (χ4n) is 4.88. The summed E-state index contributed by atoms with van der Waals surface area (Å²) < 4.78 is 5.49. The molecule has 0 heterocycles. The number of benzene rings is 4. The predicted octanol–water partition coefficient (Wildman–Crippen LogP) is 7.03. The molecule has 5 rings (SSSR count). The first-order chi connectivity index (χ1) is 19.1. The number of anilines is 2. The van der Waals surface area contributed by atoms with E-state index in [4.69, 9.17) is 4.74 Å². The number of carbonyl (C=O) groups is 3. The molecule has 39 heavy (non-hydrogen) atoms. The van der Waals surface area contributed by atoms with Crippen LogP contribution in [0.15, 0.2) is 127 Å². The van der Waals surface area contributed by atoms with E-state index in [1.54, 1.807) is 17.0 Å². The smallest absolute Gasteiger partial charge is 0.310 e. The van der Waals surface area contributed by atoms with Gasteiger partial charge in [0.25, 0.3) is 0 Å². The van der Waals surface area contributed by atoms with Crippen molar-refractivity contribution in [2.45, 2.75) is 12.8 Å². The minimum atomic E-state index is -0.675. The van der Waals surface area contributed by atoms with Gasteiger partial charge in [0.15, 0.2) is 12.4 Å². The summed E-state index contributed by atoms with van der Waals surface area (Å²) in [5, 5.41) is 0. The van der Waals surface area contributed by atoms with Crippen LogP contribution in [0.2, 0.25) is 0 Å². The number of rotatable bonds is 8. The molecule has 0 saturated heterocycles. The Morgan fingerprint density at radius 2 is 1.10 bits per heavy atom. The zero-order valence-electron chi connectivity index (χ0n) is 21.5. The van der Waals surface area contributed by atoms with Crippen molar-refractivity contribution in [2.75, 3.05) is 11.5 Å². The maximum atomic E-state index is 13.9. The molecule has 0 radical (unpaired) electrons. The number of ether oxygens (including phenoxy) is 1. The van der Waals surface area contributed by atoms with E-state index in [9.17, 15) is 14.4 Å². The molecule has 0 aromatic heterocycles. The summed E-state index contributed by atoms with van der Waals surface area (Å²) in [6.45, 7) is -0.369. The Bertz CT molecular complexity index is 1410. The second-order valence-electron chi connectivity index (χ2n) is 9.47. The number of para-hydroxylation sites is 2. The van der Waals surface area contributed by atoms with E-state index in [0.29, 0.717) is 18.4 Å². The maximum absolute atomic E-state index is 13.9. The van der Waals surface area contributed by atoms with Crippen LogP contribution in [0, 0.1) is 11.8 Å². The molecule has 4 aromatic carbocycles. The van der Waals surface area contributed by atoms with Crippen LogP contribution in [0.5, 0.6) is 0 Å². The third kappa shape index (κ3) is 6.04. The van der Waals surface area contributed by atoms with Crippen LogP contribution in [0.1, 0.15) is 23.2 Å². The summed E-state index contributed by atoms with van der Waals surface area (Å²) in [5.74, 6) is -2.28. The summed E-state index contributed by atoms with van der Waals surface area (Å²) in [6.07, 6.45) is 4.63. The lowest BCUT2D eigenvalue weighted by Gasteiger charge is -2.32. The van der Waals surface area contributed by atoms with Gasteiger partial charge in [-0.3, -0.25) is 19.3 Å². The number of esters is 1.